The molecule has 0 saturated carbocycles. The van der Waals surface area contributed by atoms with E-state index in [4.69, 9.17) is 0 Å². The molecule has 0 radical (unpaired) electrons. The van der Waals surface area contributed by atoms with Crippen LogP contribution in [0, 0.1) is 0 Å². The van der Waals surface area contributed by atoms with Crippen LogP contribution in [0.2, 0.25) is 0 Å². The van der Waals surface area contributed by atoms with Gasteiger partial charge in [0.05, 0.1) is 0 Å². The fourth-order valence-corrected chi connectivity index (χ4v) is 3.13. The standard InChI is InChI=1S/C15H19N/c1-11-9-14-10-13(7-8-15(14)16-11)12-5-3-2-4-6-12/h2-6,11,13,16H,7-10H2,1H3/t11?,13-/m0/s1. The minimum Gasteiger partial charge on any atom is -0.386 e. The van der Waals surface area contributed by atoms with E-state index in [1.165, 1.54) is 31.2 Å². The number of benzene rings is 1. The van der Waals surface area contributed by atoms with Gasteiger partial charge in [-0.15, -0.1) is 0 Å². The van der Waals surface area contributed by atoms with Crippen LogP contribution in [0.4, 0.5) is 0 Å². The normalized spacial score (nSPS) is 28.8. The molecule has 1 aromatic rings. The predicted octanol–water partition coefficient (Wildman–Crippen LogP) is 3.59. The minimum atomic E-state index is 0.666. The highest BCUT2D eigenvalue weighted by molar-refractivity contribution is 5.29. The summed E-state index contributed by atoms with van der Waals surface area (Å²) in [5.41, 5.74) is 4.76. The van der Waals surface area contributed by atoms with Crippen molar-refractivity contribution in [3.63, 3.8) is 0 Å². The van der Waals surface area contributed by atoms with Gasteiger partial charge in [0, 0.05) is 11.7 Å². The monoisotopic (exact) mass is 213 g/mol. The lowest BCUT2D eigenvalue weighted by Gasteiger charge is -2.24. The van der Waals surface area contributed by atoms with E-state index in [9.17, 15) is 0 Å². The highest BCUT2D eigenvalue weighted by Crippen LogP contribution is 2.39. The van der Waals surface area contributed by atoms with Crippen molar-refractivity contribution < 1.29 is 0 Å². The molecule has 3 rings (SSSR count). The van der Waals surface area contributed by atoms with Gasteiger partial charge in [0.25, 0.3) is 0 Å². The summed E-state index contributed by atoms with van der Waals surface area (Å²) < 4.78 is 0. The predicted molar refractivity (Wildman–Crippen MR) is 67.3 cm³/mol. The molecule has 1 aliphatic carbocycles. The van der Waals surface area contributed by atoms with Gasteiger partial charge < -0.3 is 5.32 Å². The molecule has 0 amide bonds. The Morgan fingerprint density at radius 2 is 1.94 bits per heavy atom. The maximum Gasteiger partial charge on any atom is 0.0267 e. The maximum absolute atomic E-state index is 3.61. The largest absolute Gasteiger partial charge is 0.386 e. The molecule has 0 spiro atoms. The lowest BCUT2D eigenvalue weighted by atomic mass is 9.82. The van der Waals surface area contributed by atoms with Crippen LogP contribution < -0.4 is 5.32 Å². The molecule has 1 heterocycles. The van der Waals surface area contributed by atoms with Crippen molar-refractivity contribution >= 4 is 0 Å². The van der Waals surface area contributed by atoms with Crippen molar-refractivity contribution in [1.82, 2.24) is 5.32 Å². The number of hydrogen-bond donors (Lipinski definition) is 1. The van der Waals surface area contributed by atoms with Crippen LogP contribution in [0.5, 0.6) is 0 Å². The molecule has 0 saturated heterocycles. The minimum absolute atomic E-state index is 0.666. The second kappa shape index (κ2) is 3.97. The molecule has 0 aromatic heterocycles. The summed E-state index contributed by atoms with van der Waals surface area (Å²) in [4.78, 5) is 0. The number of allylic oxidation sites excluding steroid dienone is 1. The van der Waals surface area contributed by atoms with E-state index in [0.717, 1.165) is 5.92 Å². The first kappa shape index (κ1) is 9.95. The maximum atomic E-state index is 3.61. The van der Waals surface area contributed by atoms with Gasteiger partial charge in [-0.05, 0) is 49.7 Å². The second-order valence-electron chi connectivity index (χ2n) is 5.18. The molecule has 1 nitrogen and oxygen atoms in total. The van der Waals surface area contributed by atoms with Gasteiger partial charge in [-0.1, -0.05) is 30.3 Å². The van der Waals surface area contributed by atoms with Crippen molar-refractivity contribution in [2.24, 2.45) is 0 Å². The van der Waals surface area contributed by atoms with Crippen LogP contribution in [0.3, 0.4) is 0 Å². The third-order valence-electron chi connectivity index (χ3n) is 3.91. The van der Waals surface area contributed by atoms with Crippen LogP contribution in [-0.4, -0.2) is 6.04 Å². The summed E-state index contributed by atoms with van der Waals surface area (Å²) in [6, 6.07) is 11.7. The van der Waals surface area contributed by atoms with Gasteiger partial charge in [0.2, 0.25) is 0 Å². The molecule has 2 aliphatic rings. The van der Waals surface area contributed by atoms with Crippen molar-refractivity contribution in [2.45, 2.75) is 44.6 Å². The van der Waals surface area contributed by atoms with E-state index in [-0.39, 0.29) is 0 Å². The summed E-state index contributed by atoms with van der Waals surface area (Å²) in [6.45, 7) is 2.29. The van der Waals surface area contributed by atoms with Gasteiger partial charge in [-0.3, -0.25) is 0 Å². The SMILES string of the molecule is CC1CC2=C(CC[C@H](c3ccccc3)C2)N1. The highest BCUT2D eigenvalue weighted by atomic mass is 14.9. The van der Waals surface area contributed by atoms with Crippen LogP contribution >= 0.6 is 0 Å². The first-order chi connectivity index (χ1) is 7.83. The lowest BCUT2D eigenvalue weighted by molar-refractivity contribution is 0.570. The molecule has 1 aromatic carbocycles. The van der Waals surface area contributed by atoms with E-state index >= 15 is 0 Å². The topological polar surface area (TPSA) is 12.0 Å². The molecule has 1 N–H and O–H groups in total. The molecule has 84 valence electrons. The van der Waals surface area contributed by atoms with Gasteiger partial charge in [-0.25, -0.2) is 0 Å². The number of nitrogens with one attached hydrogen (secondary N) is 1. The Morgan fingerprint density at radius 3 is 2.75 bits per heavy atom. The van der Waals surface area contributed by atoms with Crippen molar-refractivity contribution in [3.8, 4) is 0 Å². The Labute approximate surface area is 97.6 Å². The molecular weight excluding hydrogens is 194 g/mol. The van der Waals surface area contributed by atoms with Gasteiger partial charge in [0.15, 0.2) is 0 Å². The van der Waals surface area contributed by atoms with Crippen LogP contribution in [0.15, 0.2) is 41.6 Å². The molecule has 2 atom stereocenters. The second-order valence-corrected chi connectivity index (χ2v) is 5.18. The number of rotatable bonds is 1. The molecular formula is C15H19N. The van der Waals surface area contributed by atoms with Crippen LogP contribution in [-0.2, 0) is 0 Å². The smallest absolute Gasteiger partial charge is 0.0267 e. The van der Waals surface area contributed by atoms with Crippen LogP contribution in [0.1, 0.15) is 44.1 Å². The summed E-state index contributed by atoms with van der Waals surface area (Å²) in [5, 5.41) is 3.61. The zero-order valence-electron chi connectivity index (χ0n) is 9.87. The zero-order chi connectivity index (χ0) is 11.0. The quantitative estimate of drug-likeness (QED) is 0.751. The van der Waals surface area contributed by atoms with E-state index in [0.29, 0.717) is 6.04 Å². The van der Waals surface area contributed by atoms with Gasteiger partial charge in [-0.2, -0.15) is 0 Å². The molecule has 16 heavy (non-hydrogen) atoms. The van der Waals surface area contributed by atoms with E-state index < -0.39 is 0 Å². The molecule has 1 heteroatoms. The number of hydrogen-bond acceptors (Lipinski definition) is 1. The third-order valence-corrected chi connectivity index (χ3v) is 3.91. The Hall–Kier alpha value is -1.24. The summed E-state index contributed by atoms with van der Waals surface area (Å²) >= 11 is 0. The first-order valence-electron chi connectivity index (χ1n) is 6.35. The summed E-state index contributed by atoms with van der Waals surface area (Å²) in [7, 11) is 0. The van der Waals surface area contributed by atoms with E-state index in [1.807, 2.05) is 0 Å². The van der Waals surface area contributed by atoms with E-state index in [2.05, 4.69) is 42.6 Å². The Bertz CT molecular complexity index is 405. The summed E-state index contributed by atoms with van der Waals surface area (Å²) in [6.07, 6.45) is 5.09. The first-order valence-corrected chi connectivity index (χ1v) is 6.35. The van der Waals surface area contributed by atoms with Crippen molar-refractivity contribution in [3.05, 3.63) is 47.2 Å². The molecule has 0 fully saturated rings. The van der Waals surface area contributed by atoms with Crippen molar-refractivity contribution in [1.29, 1.82) is 0 Å². The van der Waals surface area contributed by atoms with E-state index in [1.54, 1.807) is 11.3 Å². The lowest BCUT2D eigenvalue weighted by Crippen LogP contribution is -2.19. The molecule has 1 aliphatic heterocycles. The van der Waals surface area contributed by atoms with Gasteiger partial charge in [0.1, 0.15) is 0 Å². The molecule has 1 unspecified atom stereocenters. The molecule has 0 bridgehead atoms. The zero-order valence-corrected chi connectivity index (χ0v) is 9.87. The fraction of sp³-hybridized carbons (Fsp3) is 0.467. The van der Waals surface area contributed by atoms with Gasteiger partial charge >= 0.3 is 0 Å². The fourth-order valence-electron chi connectivity index (χ4n) is 3.13. The van der Waals surface area contributed by atoms with Crippen molar-refractivity contribution in [2.75, 3.05) is 0 Å². The Morgan fingerprint density at radius 1 is 1.12 bits per heavy atom. The Balaban J connectivity index is 1.78. The average Bonchev–Trinajstić information content (AvgIpc) is 2.69. The third kappa shape index (κ3) is 1.75. The van der Waals surface area contributed by atoms with Crippen LogP contribution in [0.25, 0.3) is 0 Å². The Kier molecular flexibility index (Phi) is 2.47. The summed E-state index contributed by atoms with van der Waals surface area (Å²) in [5.74, 6) is 0.757. The highest BCUT2D eigenvalue weighted by Gasteiger charge is 2.27. The average molecular weight is 213 g/mol.